The Morgan fingerprint density at radius 2 is 0.922 bits per heavy atom. The molecule has 0 spiro atoms. The normalized spacial score (nSPS) is 18.7. The van der Waals surface area contributed by atoms with Gasteiger partial charge >= 0.3 is 0 Å². The summed E-state index contributed by atoms with van der Waals surface area (Å²) in [6.07, 6.45) is 9.00. The number of allylic oxidation sites excluding steroid dienone is 1. The molecule has 3 heterocycles. The molecule has 3 aromatic heterocycles. The fraction of sp³-hybridized carbons (Fsp3) is 0.338. The van der Waals surface area contributed by atoms with Gasteiger partial charge in [-0.25, -0.2) is 13.2 Å². The van der Waals surface area contributed by atoms with Crippen molar-refractivity contribution < 1.29 is 84.9 Å². The smallest absolute Gasteiger partial charge is 0.221 e. The molecule has 0 aliphatic heterocycles. The van der Waals surface area contributed by atoms with Gasteiger partial charge in [-0.05, 0) is 225 Å². The number of nitrogens with zero attached hydrogens (tertiary/aromatic N) is 1. The Hall–Kier alpha value is -10.9. The van der Waals surface area contributed by atoms with Crippen molar-refractivity contribution in [2.45, 2.75) is 102 Å². The van der Waals surface area contributed by atoms with Gasteiger partial charge < -0.3 is 77.8 Å². The van der Waals surface area contributed by atoms with Crippen molar-refractivity contribution in [2.24, 2.45) is 24.8 Å². The summed E-state index contributed by atoms with van der Waals surface area (Å²) in [5, 5.41) is 39.5. The molecule has 102 heavy (non-hydrogen) atoms. The molecule has 538 valence electrons. The predicted molar refractivity (Wildman–Crippen MR) is 378 cm³/mol. The molecule has 3 amide bonds. The van der Waals surface area contributed by atoms with Crippen molar-refractivity contribution in [3.8, 4) is 57.5 Å². The van der Waals surface area contributed by atoms with Crippen LogP contribution in [0, 0.1) is 35.2 Å². The number of aryl methyl sites for hydroxylation is 1. The van der Waals surface area contributed by atoms with Crippen LogP contribution in [0.4, 0.5) is 13.2 Å². The Morgan fingerprint density at radius 1 is 0.480 bits per heavy atom. The molecule has 22 heteroatoms. The molecular formula is C80H87F3N4O15. The fourth-order valence-electron chi connectivity index (χ4n) is 14.5. The summed E-state index contributed by atoms with van der Waals surface area (Å²) in [5.41, 5.74) is 10.1. The topological polar surface area (TPSA) is 244 Å². The molecule has 3 aliphatic carbocycles. The van der Waals surface area contributed by atoms with Crippen molar-refractivity contribution in [2.75, 3.05) is 49.8 Å². The van der Waals surface area contributed by atoms with Crippen molar-refractivity contribution >= 4 is 29.4 Å². The number of halogens is 3. The highest BCUT2D eigenvalue weighted by Crippen LogP contribution is 2.54. The molecule has 9 aromatic rings. The van der Waals surface area contributed by atoms with Crippen molar-refractivity contribution in [3.05, 3.63) is 225 Å². The molecule has 8 atom stereocenters. The average molecular weight is 1400 g/mol. The van der Waals surface area contributed by atoms with E-state index >= 15 is 0 Å². The maximum absolute atomic E-state index is 14.2. The third-order valence-electron chi connectivity index (χ3n) is 20.0. The first-order valence-corrected chi connectivity index (χ1v) is 33.5. The number of ether oxygens (including phenoxy) is 7. The van der Waals surface area contributed by atoms with Gasteiger partial charge in [0.15, 0.2) is 46.1 Å². The number of fused-ring (bicyclic) bond motifs is 3. The standard InChI is InChI=1S/C27H31FN2O4.C27H29NO6.C26H27F2NO5/c1-16-21(10-17-11-24(33-3)27(32)25(12-17)34-4)20-8-7-18(28)13-23(20)22(16)14-26(31)29-15-19-6-5-9-30(19)2;1-16-21(10-17-11-24(32-3)27(30)25(12-17)33-4)20-8-7-18(31-2)13-23(20)22(16)14-26(29)28-15-19-6-5-9-34-19;1-14-17(7-15-8-23(32-2)26(31)24(9-15)33-3)19-10-21(27)22(28)11-20(19)18(14)12-25(30)29-13-16-5-4-6-34-16/h5-9,11-13,16,21-22,32H,10,14-15H2,1-4H3,(H,29,31);5-13,16,22,30H,14-15H2,1-4H3,(H,28,29);4-6,8-11,14,17-18,31H,7,12-13H2,1-3H3,(H,29,30)/b;21-10-;. The quantitative estimate of drug-likeness (QED) is 0.0329. The zero-order chi connectivity index (χ0) is 73.1. The van der Waals surface area contributed by atoms with E-state index in [2.05, 4.69) is 35.9 Å². The first-order chi connectivity index (χ1) is 49.1. The summed E-state index contributed by atoms with van der Waals surface area (Å²) in [5.74, 6) is 0.984. The van der Waals surface area contributed by atoms with E-state index in [1.165, 1.54) is 67.1 Å². The lowest BCUT2D eigenvalue weighted by atomic mass is 9.83. The largest absolute Gasteiger partial charge is 0.502 e. The fourth-order valence-corrected chi connectivity index (χ4v) is 14.5. The van der Waals surface area contributed by atoms with Gasteiger partial charge in [-0.15, -0.1) is 0 Å². The highest BCUT2D eigenvalue weighted by Gasteiger charge is 2.42. The molecule has 6 aromatic carbocycles. The van der Waals surface area contributed by atoms with Crippen LogP contribution < -0.4 is 49.1 Å². The van der Waals surface area contributed by atoms with E-state index in [9.17, 15) is 42.9 Å². The van der Waals surface area contributed by atoms with E-state index in [0.717, 1.165) is 56.0 Å². The minimum atomic E-state index is -0.930. The number of benzene rings is 6. The summed E-state index contributed by atoms with van der Waals surface area (Å²) in [6.45, 7) is 7.29. The number of carbonyl (C=O) groups is 3. The number of nitrogens with one attached hydrogen (secondary N) is 3. The monoisotopic (exact) mass is 1400 g/mol. The molecular weight excluding hydrogens is 1310 g/mol. The molecule has 0 radical (unpaired) electrons. The minimum Gasteiger partial charge on any atom is -0.502 e. The number of phenolic OH excluding ortho intramolecular Hbond substituents is 3. The molecule has 0 fully saturated rings. The minimum absolute atomic E-state index is 0.0196. The van der Waals surface area contributed by atoms with Gasteiger partial charge in [0, 0.05) is 38.2 Å². The summed E-state index contributed by atoms with van der Waals surface area (Å²) in [7, 11) is 12.5. The molecule has 0 saturated heterocycles. The van der Waals surface area contributed by atoms with Gasteiger partial charge in [-0.1, -0.05) is 39.0 Å². The summed E-state index contributed by atoms with van der Waals surface area (Å²) in [4.78, 5) is 38.3. The second-order valence-electron chi connectivity index (χ2n) is 25.9. The van der Waals surface area contributed by atoms with Gasteiger partial charge in [0.2, 0.25) is 35.0 Å². The Labute approximate surface area is 591 Å². The van der Waals surface area contributed by atoms with Crippen molar-refractivity contribution in [1.82, 2.24) is 20.5 Å². The number of carbonyl (C=O) groups excluding carboxylic acids is 3. The zero-order valence-corrected chi connectivity index (χ0v) is 59.0. The number of aromatic nitrogens is 1. The lowest BCUT2D eigenvalue weighted by Crippen LogP contribution is -2.26. The van der Waals surface area contributed by atoms with E-state index in [0.29, 0.717) is 84.4 Å². The highest BCUT2D eigenvalue weighted by atomic mass is 19.2. The lowest BCUT2D eigenvalue weighted by molar-refractivity contribution is -0.122. The SMILES string of the molecule is COc1cc(CC2c3cc(F)c(F)cc3C(CC(=O)NCc3ccco3)C2C)cc(OC)c1O.COc1cc(CC2c3ccc(F)cc3C(CC(=O)NCc3cccn3C)C2C)cc(OC)c1O.COc1ccc2c(c1)C(CC(=O)NCc1ccco1)C(C)/C2=C/c1cc(OC)c(O)c(OC)c1. The van der Waals surface area contributed by atoms with Gasteiger partial charge in [0.1, 0.15) is 23.1 Å². The van der Waals surface area contributed by atoms with E-state index in [4.69, 9.17) is 42.0 Å². The molecule has 19 nitrogen and oxygen atoms in total. The second kappa shape index (κ2) is 33.1. The number of amides is 3. The van der Waals surface area contributed by atoms with E-state index in [1.807, 2.05) is 67.2 Å². The predicted octanol–water partition coefficient (Wildman–Crippen LogP) is 14.7. The lowest BCUT2D eigenvalue weighted by Gasteiger charge is -2.22. The Morgan fingerprint density at radius 3 is 1.36 bits per heavy atom. The number of phenols is 3. The number of furan rings is 2. The molecule has 0 bridgehead atoms. The van der Waals surface area contributed by atoms with Crippen LogP contribution in [0.5, 0.6) is 57.5 Å². The Kier molecular flexibility index (Phi) is 23.9. The molecule has 3 aliphatic rings. The summed E-state index contributed by atoms with van der Waals surface area (Å²) >= 11 is 0. The Balaban J connectivity index is 0.000000165. The first kappa shape index (κ1) is 73.8. The van der Waals surface area contributed by atoms with Crippen LogP contribution >= 0.6 is 0 Å². The molecule has 12 rings (SSSR count). The molecule has 6 N–H and O–H groups in total. The van der Waals surface area contributed by atoms with E-state index in [1.54, 1.807) is 74.0 Å². The number of methoxy groups -OCH3 is 7. The van der Waals surface area contributed by atoms with Gasteiger partial charge in [-0.3, -0.25) is 14.4 Å². The van der Waals surface area contributed by atoms with Gasteiger partial charge in [0.05, 0.1) is 81.9 Å². The van der Waals surface area contributed by atoms with Crippen molar-refractivity contribution in [3.63, 3.8) is 0 Å². The third kappa shape index (κ3) is 16.6. The number of aromatic hydroxyl groups is 3. The number of hydrogen-bond donors (Lipinski definition) is 6. The molecule has 0 saturated carbocycles. The van der Waals surface area contributed by atoms with E-state index in [-0.39, 0.29) is 113 Å². The van der Waals surface area contributed by atoms with Crippen LogP contribution in [0.15, 0.2) is 149 Å². The maximum atomic E-state index is 14.2. The average Bonchev–Trinajstić information content (AvgIpc) is 1.63. The van der Waals surface area contributed by atoms with Crippen LogP contribution in [0.2, 0.25) is 0 Å². The van der Waals surface area contributed by atoms with Crippen LogP contribution in [0.1, 0.15) is 137 Å². The Bertz CT molecular complexity index is 4380. The van der Waals surface area contributed by atoms with Crippen LogP contribution in [0.3, 0.4) is 0 Å². The molecule has 8 unspecified atom stereocenters. The van der Waals surface area contributed by atoms with Crippen LogP contribution in [-0.4, -0.2) is 87.4 Å². The summed E-state index contributed by atoms with van der Waals surface area (Å²) in [6, 6.07) is 34.9. The highest BCUT2D eigenvalue weighted by molar-refractivity contribution is 5.90. The maximum Gasteiger partial charge on any atom is 0.221 e. The zero-order valence-electron chi connectivity index (χ0n) is 59.0. The van der Waals surface area contributed by atoms with Crippen LogP contribution in [0.25, 0.3) is 11.6 Å². The van der Waals surface area contributed by atoms with Gasteiger partial charge in [0.25, 0.3) is 0 Å². The number of hydrogen-bond acceptors (Lipinski definition) is 15. The first-order valence-electron chi connectivity index (χ1n) is 33.5. The third-order valence-corrected chi connectivity index (χ3v) is 20.0. The van der Waals surface area contributed by atoms with Crippen molar-refractivity contribution in [1.29, 1.82) is 0 Å². The van der Waals surface area contributed by atoms with E-state index < -0.39 is 11.6 Å². The second-order valence-corrected chi connectivity index (χ2v) is 25.9. The number of rotatable bonds is 24. The van der Waals surface area contributed by atoms with Crippen LogP contribution in [-0.2, 0) is 53.9 Å². The summed E-state index contributed by atoms with van der Waals surface area (Å²) < 4.78 is 92.4. The van der Waals surface area contributed by atoms with Gasteiger partial charge in [-0.2, -0.15) is 0 Å².